The second kappa shape index (κ2) is 7.55. The van der Waals surface area contributed by atoms with Crippen LogP contribution in [0.3, 0.4) is 0 Å². The Morgan fingerprint density at radius 1 is 1.24 bits per heavy atom. The fraction of sp³-hybridized carbons (Fsp3) is 0.294. The number of hydrogen-bond donors (Lipinski definition) is 0. The van der Waals surface area contributed by atoms with Crippen molar-refractivity contribution in [1.29, 1.82) is 0 Å². The van der Waals surface area contributed by atoms with Crippen molar-refractivity contribution in [2.24, 2.45) is 0 Å². The van der Waals surface area contributed by atoms with Crippen LogP contribution in [0.5, 0.6) is 0 Å². The van der Waals surface area contributed by atoms with Crippen molar-refractivity contribution < 1.29 is 9.53 Å². The largest absolute Gasteiger partial charge is 0.383 e. The number of carbonyl (C=O) groups is 1. The lowest BCUT2D eigenvalue weighted by Crippen LogP contribution is -2.33. The molecule has 0 aliphatic rings. The van der Waals surface area contributed by atoms with E-state index in [0.717, 1.165) is 11.1 Å². The number of pyridine rings is 1. The van der Waals surface area contributed by atoms with E-state index in [1.54, 1.807) is 24.4 Å². The molecule has 0 bridgehead atoms. The molecule has 2 rings (SSSR count). The summed E-state index contributed by atoms with van der Waals surface area (Å²) in [6, 6.07) is 11.5. The minimum absolute atomic E-state index is 0.0209. The number of aryl methyl sites for hydroxylation is 1. The first-order valence-corrected chi connectivity index (χ1v) is 6.94. The van der Waals surface area contributed by atoms with Crippen molar-refractivity contribution >= 4 is 5.91 Å². The zero-order valence-corrected chi connectivity index (χ0v) is 12.5. The summed E-state index contributed by atoms with van der Waals surface area (Å²) < 4.78 is 5.11. The number of aromatic nitrogens is 1. The number of methoxy groups -OCH3 is 1. The molecule has 4 heteroatoms. The van der Waals surface area contributed by atoms with Gasteiger partial charge < -0.3 is 9.64 Å². The molecule has 0 radical (unpaired) electrons. The minimum Gasteiger partial charge on any atom is -0.383 e. The summed E-state index contributed by atoms with van der Waals surface area (Å²) in [5.41, 5.74) is 2.85. The van der Waals surface area contributed by atoms with E-state index >= 15 is 0 Å². The molecular weight excluding hydrogens is 264 g/mol. The van der Waals surface area contributed by atoms with E-state index in [1.165, 1.54) is 0 Å². The Hall–Kier alpha value is -2.20. The van der Waals surface area contributed by atoms with Crippen LogP contribution in [0.4, 0.5) is 0 Å². The van der Waals surface area contributed by atoms with Gasteiger partial charge in [0.25, 0.3) is 5.91 Å². The van der Waals surface area contributed by atoms with Gasteiger partial charge in [-0.3, -0.25) is 9.78 Å². The van der Waals surface area contributed by atoms with Crippen LogP contribution in [0.15, 0.2) is 48.8 Å². The van der Waals surface area contributed by atoms with Gasteiger partial charge in [0.2, 0.25) is 0 Å². The summed E-state index contributed by atoms with van der Waals surface area (Å²) in [5.74, 6) is 0.0209. The standard InChI is InChI=1S/C17H20N2O2/c1-14-4-3-5-16(12-14)17(20)19(10-11-21-2)13-15-6-8-18-9-7-15/h3-9,12H,10-11,13H2,1-2H3. The molecule has 1 aromatic carbocycles. The predicted octanol–water partition coefficient (Wildman–Crippen LogP) is 2.68. The second-order valence-electron chi connectivity index (χ2n) is 4.94. The maximum atomic E-state index is 12.7. The van der Waals surface area contributed by atoms with Gasteiger partial charge in [0.05, 0.1) is 6.61 Å². The molecule has 1 amide bonds. The highest BCUT2D eigenvalue weighted by molar-refractivity contribution is 5.94. The lowest BCUT2D eigenvalue weighted by molar-refractivity contribution is 0.0680. The molecule has 0 saturated heterocycles. The van der Waals surface area contributed by atoms with E-state index in [4.69, 9.17) is 4.74 Å². The predicted molar refractivity (Wildman–Crippen MR) is 82.0 cm³/mol. The van der Waals surface area contributed by atoms with Gasteiger partial charge in [-0.05, 0) is 36.8 Å². The molecule has 0 aliphatic heterocycles. The maximum absolute atomic E-state index is 12.7. The monoisotopic (exact) mass is 284 g/mol. The average molecular weight is 284 g/mol. The summed E-state index contributed by atoms with van der Waals surface area (Å²) in [6.45, 7) is 3.62. The molecule has 4 nitrogen and oxygen atoms in total. The van der Waals surface area contributed by atoms with Crippen molar-refractivity contribution in [2.75, 3.05) is 20.3 Å². The van der Waals surface area contributed by atoms with Crippen molar-refractivity contribution in [3.8, 4) is 0 Å². The first-order chi connectivity index (χ1) is 10.2. The number of amides is 1. The van der Waals surface area contributed by atoms with E-state index in [9.17, 15) is 4.79 Å². The Morgan fingerprint density at radius 3 is 2.67 bits per heavy atom. The summed E-state index contributed by atoms with van der Waals surface area (Å²) in [4.78, 5) is 18.5. The first-order valence-electron chi connectivity index (χ1n) is 6.94. The van der Waals surface area contributed by atoms with Gasteiger partial charge in [-0.25, -0.2) is 0 Å². The quantitative estimate of drug-likeness (QED) is 0.819. The Balaban J connectivity index is 2.17. The summed E-state index contributed by atoms with van der Waals surface area (Å²) in [5, 5.41) is 0. The van der Waals surface area contributed by atoms with Crippen LogP contribution in [-0.2, 0) is 11.3 Å². The Morgan fingerprint density at radius 2 is 2.00 bits per heavy atom. The van der Waals surface area contributed by atoms with Crippen LogP contribution >= 0.6 is 0 Å². The molecule has 0 spiro atoms. The molecule has 21 heavy (non-hydrogen) atoms. The minimum atomic E-state index is 0.0209. The van der Waals surface area contributed by atoms with Gasteiger partial charge in [0.1, 0.15) is 0 Å². The lowest BCUT2D eigenvalue weighted by atomic mass is 10.1. The number of ether oxygens (including phenoxy) is 1. The van der Waals surface area contributed by atoms with E-state index in [2.05, 4.69) is 4.98 Å². The van der Waals surface area contributed by atoms with Crippen LogP contribution in [0.1, 0.15) is 21.5 Å². The molecular formula is C17H20N2O2. The van der Waals surface area contributed by atoms with Crippen molar-refractivity contribution in [2.45, 2.75) is 13.5 Å². The van der Waals surface area contributed by atoms with Crippen molar-refractivity contribution in [3.05, 3.63) is 65.5 Å². The van der Waals surface area contributed by atoms with Gasteiger partial charge in [-0.2, -0.15) is 0 Å². The average Bonchev–Trinajstić information content (AvgIpc) is 2.51. The number of rotatable bonds is 6. The molecule has 1 heterocycles. The normalized spacial score (nSPS) is 10.4. The van der Waals surface area contributed by atoms with E-state index in [1.807, 2.05) is 43.3 Å². The van der Waals surface area contributed by atoms with Crippen LogP contribution in [0.2, 0.25) is 0 Å². The lowest BCUT2D eigenvalue weighted by Gasteiger charge is -2.22. The molecule has 1 aromatic heterocycles. The summed E-state index contributed by atoms with van der Waals surface area (Å²) in [7, 11) is 1.64. The summed E-state index contributed by atoms with van der Waals surface area (Å²) in [6.07, 6.45) is 3.47. The smallest absolute Gasteiger partial charge is 0.254 e. The summed E-state index contributed by atoms with van der Waals surface area (Å²) >= 11 is 0. The molecule has 0 fully saturated rings. The van der Waals surface area contributed by atoms with E-state index in [-0.39, 0.29) is 5.91 Å². The van der Waals surface area contributed by atoms with E-state index in [0.29, 0.717) is 25.3 Å². The van der Waals surface area contributed by atoms with Gasteiger partial charge in [0, 0.05) is 38.2 Å². The maximum Gasteiger partial charge on any atom is 0.254 e. The molecule has 2 aromatic rings. The second-order valence-corrected chi connectivity index (χ2v) is 4.94. The molecule has 0 N–H and O–H groups in total. The highest BCUT2D eigenvalue weighted by Crippen LogP contribution is 2.11. The van der Waals surface area contributed by atoms with Crippen molar-refractivity contribution in [1.82, 2.24) is 9.88 Å². The zero-order valence-electron chi connectivity index (χ0n) is 12.5. The van der Waals surface area contributed by atoms with Crippen LogP contribution in [-0.4, -0.2) is 36.1 Å². The molecule has 110 valence electrons. The van der Waals surface area contributed by atoms with Gasteiger partial charge in [-0.1, -0.05) is 17.7 Å². The van der Waals surface area contributed by atoms with Gasteiger partial charge in [-0.15, -0.1) is 0 Å². The Kier molecular flexibility index (Phi) is 5.46. The van der Waals surface area contributed by atoms with Crippen LogP contribution in [0, 0.1) is 6.92 Å². The Bertz CT molecular complexity index is 584. The SMILES string of the molecule is COCCN(Cc1ccncc1)C(=O)c1cccc(C)c1. The van der Waals surface area contributed by atoms with E-state index < -0.39 is 0 Å². The molecule has 0 saturated carbocycles. The third kappa shape index (κ3) is 4.39. The van der Waals surface area contributed by atoms with Crippen LogP contribution < -0.4 is 0 Å². The topological polar surface area (TPSA) is 42.4 Å². The highest BCUT2D eigenvalue weighted by atomic mass is 16.5. The first kappa shape index (κ1) is 15.2. The number of nitrogens with zero attached hydrogens (tertiary/aromatic N) is 2. The molecule has 0 aliphatic carbocycles. The molecule has 0 unspecified atom stereocenters. The number of hydrogen-bond acceptors (Lipinski definition) is 3. The number of benzene rings is 1. The van der Waals surface area contributed by atoms with Gasteiger partial charge >= 0.3 is 0 Å². The van der Waals surface area contributed by atoms with Gasteiger partial charge in [0.15, 0.2) is 0 Å². The Labute approximate surface area is 125 Å². The fourth-order valence-corrected chi connectivity index (χ4v) is 2.12. The highest BCUT2D eigenvalue weighted by Gasteiger charge is 2.16. The van der Waals surface area contributed by atoms with Crippen LogP contribution in [0.25, 0.3) is 0 Å². The zero-order chi connectivity index (χ0) is 15.1. The number of carbonyl (C=O) groups excluding carboxylic acids is 1. The fourth-order valence-electron chi connectivity index (χ4n) is 2.12. The van der Waals surface area contributed by atoms with Crippen molar-refractivity contribution in [3.63, 3.8) is 0 Å². The molecule has 0 atom stereocenters. The third-order valence-electron chi connectivity index (χ3n) is 3.24. The third-order valence-corrected chi connectivity index (χ3v) is 3.24.